The van der Waals surface area contributed by atoms with Gasteiger partial charge in [0.15, 0.2) is 5.78 Å². The minimum absolute atomic E-state index is 0. The van der Waals surface area contributed by atoms with E-state index in [-0.39, 0.29) is 18.2 Å². The maximum atomic E-state index is 11.8. The summed E-state index contributed by atoms with van der Waals surface area (Å²) >= 11 is 1.53. The number of hydrogen-bond donors (Lipinski definition) is 1. The van der Waals surface area contributed by atoms with Crippen molar-refractivity contribution in [3.05, 3.63) is 52.2 Å². The van der Waals surface area contributed by atoms with E-state index >= 15 is 0 Å². The number of benzene rings is 1. The first kappa shape index (κ1) is 20.7. The van der Waals surface area contributed by atoms with Crippen LogP contribution >= 0.6 is 23.7 Å². The van der Waals surface area contributed by atoms with E-state index in [2.05, 4.69) is 11.4 Å². The molecule has 2 rings (SSSR count). The molecule has 0 saturated heterocycles. The smallest absolute Gasteiger partial charge is 0.172 e. The molecule has 0 amide bonds. The van der Waals surface area contributed by atoms with Crippen LogP contribution in [-0.4, -0.2) is 26.0 Å². The Bertz CT molecular complexity index is 587. The molecule has 0 spiro atoms. The number of halogens is 1. The second-order valence-electron chi connectivity index (χ2n) is 5.52. The van der Waals surface area contributed by atoms with Gasteiger partial charge in [-0.15, -0.1) is 23.7 Å². The number of hydrogen-bond acceptors (Lipinski definition) is 4. The lowest BCUT2D eigenvalue weighted by Gasteiger charge is -2.09. The van der Waals surface area contributed by atoms with E-state index in [0.717, 1.165) is 49.4 Å². The molecule has 0 radical (unpaired) electrons. The van der Waals surface area contributed by atoms with E-state index < -0.39 is 0 Å². The molecule has 0 unspecified atom stereocenters. The molecule has 0 aliphatic heterocycles. The summed E-state index contributed by atoms with van der Waals surface area (Å²) in [6, 6.07) is 12.0. The molecule has 0 atom stereocenters. The van der Waals surface area contributed by atoms with Crippen molar-refractivity contribution in [3.8, 4) is 5.75 Å². The summed E-state index contributed by atoms with van der Waals surface area (Å²) < 4.78 is 5.35. The van der Waals surface area contributed by atoms with Gasteiger partial charge < -0.3 is 10.1 Å². The monoisotopic (exact) mass is 367 g/mol. The summed E-state index contributed by atoms with van der Waals surface area (Å²) in [6.45, 7) is 1.96. The molecule has 0 saturated carbocycles. The average Bonchev–Trinajstić information content (AvgIpc) is 3.12. The summed E-state index contributed by atoms with van der Waals surface area (Å²) in [7, 11) is 1.71. The van der Waals surface area contributed by atoms with Crippen molar-refractivity contribution in [1.29, 1.82) is 0 Å². The minimum atomic E-state index is 0. The number of unbranched alkanes of at least 4 members (excludes halogenated alkanes) is 2. The molecule has 1 heterocycles. The van der Waals surface area contributed by atoms with Gasteiger partial charge in [0.2, 0.25) is 0 Å². The molecule has 0 fully saturated rings. The van der Waals surface area contributed by atoms with Crippen molar-refractivity contribution in [2.24, 2.45) is 0 Å². The predicted molar refractivity (Wildman–Crippen MR) is 104 cm³/mol. The van der Waals surface area contributed by atoms with Gasteiger partial charge in [-0.3, -0.25) is 4.79 Å². The van der Waals surface area contributed by atoms with Gasteiger partial charge in [-0.05, 0) is 55.4 Å². The summed E-state index contributed by atoms with van der Waals surface area (Å²) in [5, 5.41) is 5.42. The molecule has 0 aliphatic rings. The SMILES string of the molecule is COc1ccccc1CCNCCCCCC(=O)c1cccs1.Cl. The maximum absolute atomic E-state index is 11.8. The van der Waals surface area contributed by atoms with Crippen LogP contribution in [0.5, 0.6) is 5.75 Å². The molecule has 0 aliphatic carbocycles. The van der Waals surface area contributed by atoms with Crippen LogP contribution in [0.25, 0.3) is 0 Å². The van der Waals surface area contributed by atoms with Crippen molar-refractivity contribution in [1.82, 2.24) is 5.32 Å². The lowest BCUT2D eigenvalue weighted by molar-refractivity contribution is 0.0983. The van der Waals surface area contributed by atoms with E-state index in [1.165, 1.54) is 16.9 Å². The van der Waals surface area contributed by atoms with Gasteiger partial charge in [0, 0.05) is 6.42 Å². The van der Waals surface area contributed by atoms with E-state index in [0.29, 0.717) is 6.42 Å². The fraction of sp³-hybridized carbons (Fsp3) is 0.421. The molecule has 24 heavy (non-hydrogen) atoms. The Labute approximate surface area is 154 Å². The number of methoxy groups -OCH3 is 1. The molecule has 2 aromatic rings. The second kappa shape index (κ2) is 12.1. The van der Waals surface area contributed by atoms with Crippen LogP contribution in [0, 0.1) is 0 Å². The molecule has 1 N–H and O–H groups in total. The van der Waals surface area contributed by atoms with Gasteiger partial charge >= 0.3 is 0 Å². The molecular formula is C19H26ClNO2S. The van der Waals surface area contributed by atoms with Crippen LogP contribution in [0.1, 0.15) is 40.9 Å². The zero-order valence-electron chi connectivity index (χ0n) is 14.1. The van der Waals surface area contributed by atoms with Crippen LogP contribution in [0.3, 0.4) is 0 Å². The number of ether oxygens (including phenoxy) is 1. The van der Waals surface area contributed by atoms with Gasteiger partial charge in [-0.1, -0.05) is 30.7 Å². The van der Waals surface area contributed by atoms with Crippen LogP contribution in [-0.2, 0) is 6.42 Å². The Balaban J connectivity index is 0.00000288. The highest BCUT2D eigenvalue weighted by molar-refractivity contribution is 7.12. The van der Waals surface area contributed by atoms with E-state index in [4.69, 9.17) is 4.74 Å². The Kier molecular flexibility index (Phi) is 10.4. The lowest BCUT2D eigenvalue weighted by atomic mass is 10.1. The number of Topliss-reactive ketones (excluding diaryl/α,β-unsaturated/α-hetero) is 1. The van der Waals surface area contributed by atoms with Crippen molar-refractivity contribution in [2.45, 2.75) is 32.1 Å². The Hall–Kier alpha value is -1.36. The number of carbonyl (C=O) groups is 1. The van der Waals surface area contributed by atoms with Gasteiger partial charge in [0.25, 0.3) is 0 Å². The Morgan fingerprint density at radius 3 is 2.67 bits per heavy atom. The predicted octanol–water partition coefficient (Wildman–Crippen LogP) is 4.75. The van der Waals surface area contributed by atoms with Crippen LogP contribution in [0.15, 0.2) is 41.8 Å². The zero-order valence-corrected chi connectivity index (χ0v) is 15.8. The largest absolute Gasteiger partial charge is 0.496 e. The van der Waals surface area contributed by atoms with Gasteiger partial charge in [-0.25, -0.2) is 0 Å². The Morgan fingerprint density at radius 2 is 1.92 bits per heavy atom. The number of ketones is 1. The summed E-state index contributed by atoms with van der Waals surface area (Å²) in [5.74, 6) is 1.24. The topological polar surface area (TPSA) is 38.3 Å². The number of nitrogens with one attached hydrogen (secondary N) is 1. The maximum Gasteiger partial charge on any atom is 0.172 e. The summed E-state index contributed by atoms with van der Waals surface area (Å²) in [4.78, 5) is 12.7. The molecule has 1 aromatic carbocycles. The van der Waals surface area contributed by atoms with Gasteiger partial charge in [-0.2, -0.15) is 0 Å². The normalized spacial score (nSPS) is 10.2. The lowest BCUT2D eigenvalue weighted by Crippen LogP contribution is -2.18. The number of thiophene rings is 1. The van der Waals surface area contributed by atoms with Crippen molar-refractivity contribution in [2.75, 3.05) is 20.2 Å². The van der Waals surface area contributed by atoms with E-state index in [1.807, 2.05) is 35.7 Å². The van der Waals surface area contributed by atoms with Crippen molar-refractivity contribution >= 4 is 29.5 Å². The second-order valence-corrected chi connectivity index (χ2v) is 6.47. The quantitative estimate of drug-likeness (QED) is 0.460. The van der Waals surface area contributed by atoms with E-state index in [9.17, 15) is 4.79 Å². The van der Waals surface area contributed by atoms with Gasteiger partial charge in [0.1, 0.15) is 5.75 Å². The molecule has 132 valence electrons. The highest BCUT2D eigenvalue weighted by Crippen LogP contribution is 2.17. The van der Waals surface area contributed by atoms with Crippen LogP contribution in [0.2, 0.25) is 0 Å². The molecule has 5 heteroatoms. The first-order valence-electron chi connectivity index (χ1n) is 8.20. The third-order valence-corrected chi connectivity index (χ3v) is 4.73. The first-order chi connectivity index (χ1) is 11.3. The number of carbonyl (C=O) groups excluding carboxylic acids is 1. The van der Waals surface area contributed by atoms with Gasteiger partial charge in [0.05, 0.1) is 12.0 Å². The summed E-state index contributed by atoms with van der Waals surface area (Å²) in [6.07, 6.45) is 4.83. The summed E-state index contributed by atoms with van der Waals surface area (Å²) in [5.41, 5.74) is 1.24. The number of para-hydroxylation sites is 1. The van der Waals surface area contributed by atoms with Crippen LogP contribution in [0.4, 0.5) is 0 Å². The number of rotatable bonds is 11. The molecule has 0 bridgehead atoms. The third kappa shape index (κ3) is 7.04. The fourth-order valence-corrected chi connectivity index (χ4v) is 3.22. The van der Waals surface area contributed by atoms with Crippen molar-refractivity contribution in [3.63, 3.8) is 0 Å². The fourth-order valence-electron chi connectivity index (χ4n) is 2.53. The highest BCUT2D eigenvalue weighted by atomic mass is 35.5. The highest BCUT2D eigenvalue weighted by Gasteiger charge is 2.05. The average molecular weight is 368 g/mol. The van der Waals surface area contributed by atoms with E-state index in [1.54, 1.807) is 7.11 Å². The minimum Gasteiger partial charge on any atom is -0.496 e. The molecular weight excluding hydrogens is 342 g/mol. The zero-order chi connectivity index (χ0) is 16.3. The molecule has 1 aromatic heterocycles. The standard InChI is InChI=1S/C19H25NO2S.ClH/c1-22-18-10-5-4-8-16(18)12-14-20-13-6-2-3-9-17(21)19-11-7-15-23-19;/h4-5,7-8,10-11,15,20H,2-3,6,9,12-14H2,1H3;1H. The van der Waals surface area contributed by atoms with Crippen LogP contribution < -0.4 is 10.1 Å². The van der Waals surface area contributed by atoms with Crippen molar-refractivity contribution < 1.29 is 9.53 Å². The first-order valence-corrected chi connectivity index (χ1v) is 9.08. The third-order valence-electron chi connectivity index (χ3n) is 3.82. The Morgan fingerprint density at radius 1 is 1.08 bits per heavy atom. The molecule has 3 nitrogen and oxygen atoms in total.